The lowest BCUT2D eigenvalue weighted by Gasteiger charge is -2.08. The van der Waals surface area contributed by atoms with Gasteiger partial charge in [-0.15, -0.1) is 11.8 Å². The number of thioether (sulfide) groups is 1. The van der Waals surface area contributed by atoms with Crippen LogP contribution in [0.15, 0.2) is 35.9 Å². The minimum Gasteiger partial charge on any atom is -0.396 e. The molecule has 2 aromatic heterocycles. The van der Waals surface area contributed by atoms with Crippen LogP contribution in [-0.2, 0) is 6.18 Å². The molecule has 9 heteroatoms. The highest BCUT2D eigenvalue weighted by atomic mass is 32.2. The topological polar surface area (TPSA) is 76.7 Å². The quantitative estimate of drug-likeness (QED) is 0.664. The van der Waals surface area contributed by atoms with E-state index in [1.54, 1.807) is 24.3 Å². The van der Waals surface area contributed by atoms with Crippen molar-refractivity contribution in [2.45, 2.75) is 18.1 Å². The van der Waals surface area contributed by atoms with E-state index in [-0.39, 0.29) is 11.5 Å². The molecule has 22 heavy (non-hydrogen) atoms. The maximum Gasteiger partial charge on any atom is 0.417 e. The van der Waals surface area contributed by atoms with Gasteiger partial charge in [-0.2, -0.15) is 13.2 Å². The molecule has 2 aromatic rings. The van der Waals surface area contributed by atoms with Crippen molar-refractivity contribution < 1.29 is 13.2 Å². The zero-order valence-electron chi connectivity index (χ0n) is 12.1. The summed E-state index contributed by atoms with van der Waals surface area (Å²) < 4.78 is 36.3. The summed E-state index contributed by atoms with van der Waals surface area (Å²) in [4.78, 5) is 11.3. The van der Waals surface area contributed by atoms with Gasteiger partial charge in [0.05, 0.1) is 16.3 Å². The number of anilines is 2. The molecule has 0 aliphatic carbocycles. The molecular formula is C13H16F3N5S. The van der Waals surface area contributed by atoms with Crippen molar-refractivity contribution in [3.63, 3.8) is 0 Å². The van der Waals surface area contributed by atoms with Gasteiger partial charge in [-0.05, 0) is 17.9 Å². The Morgan fingerprint density at radius 3 is 2.50 bits per heavy atom. The molecule has 0 saturated carbocycles. The standard InChI is InChI=1S/C7H8F3N3.C6H8N2S/c1-12-6-5(11)2-4(3-13-6)7(8,9)10;1-2-9-6-3-4-7-5-8-6/h2-3H,11H2,1H3,(H,12,13);3-5H,2H2,1H3. The molecule has 0 atom stereocenters. The predicted octanol–water partition coefficient (Wildman–Crippen LogP) is 3.31. The summed E-state index contributed by atoms with van der Waals surface area (Å²) in [5.41, 5.74) is 4.44. The van der Waals surface area contributed by atoms with Crippen LogP contribution in [0.2, 0.25) is 0 Å². The summed E-state index contributed by atoms with van der Waals surface area (Å²) in [6.07, 6.45) is -0.335. The summed E-state index contributed by atoms with van der Waals surface area (Å²) in [5.74, 6) is 1.31. The number of nitrogen functional groups attached to an aromatic ring is 1. The maximum atomic E-state index is 12.1. The number of alkyl halides is 3. The highest BCUT2D eigenvalue weighted by molar-refractivity contribution is 7.99. The van der Waals surface area contributed by atoms with Gasteiger partial charge in [-0.3, -0.25) is 0 Å². The summed E-state index contributed by atoms with van der Waals surface area (Å²) in [7, 11) is 1.53. The second-order valence-corrected chi connectivity index (χ2v) is 5.17. The molecule has 120 valence electrons. The number of aromatic nitrogens is 3. The Morgan fingerprint density at radius 2 is 2.05 bits per heavy atom. The molecule has 5 nitrogen and oxygen atoms in total. The Hall–Kier alpha value is -2.03. The molecule has 0 saturated heterocycles. The predicted molar refractivity (Wildman–Crippen MR) is 81.6 cm³/mol. The van der Waals surface area contributed by atoms with Crippen LogP contribution < -0.4 is 11.1 Å². The molecule has 0 bridgehead atoms. The van der Waals surface area contributed by atoms with Crippen molar-refractivity contribution in [1.82, 2.24) is 15.0 Å². The molecule has 0 aromatic carbocycles. The van der Waals surface area contributed by atoms with Gasteiger partial charge >= 0.3 is 6.18 Å². The van der Waals surface area contributed by atoms with E-state index >= 15 is 0 Å². The average Bonchev–Trinajstić information content (AvgIpc) is 2.48. The first-order valence-corrected chi connectivity index (χ1v) is 7.26. The highest BCUT2D eigenvalue weighted by Crippen LogP contribution is 2.31. The van der Waals surface area contributed by atoms with E-state index in [4.69, 9.17) is 5.73 Å². The van der Waals surface area contributed by atoms with Crippen molar-refractivity contribution in [2.75, 3.05) is 23.9 Å². The summed E-state index contributed by atoms with van der Waals surface area (Å²) in [5, 5.41) is 3.62. The summed E-state index contributed by atoms with van der Waals surface area (Å²) in [6.45, 7) is 2.10. The Bertz CT molecular complexity index is 578. The second-order valence-electron chi connectivity index (χ2n) is 3.89. The van der Waals surface area contributed by atoms with Crippen molar-refractivity contribution in [3.8, 4) is 0 Å². The first-order chi connectivity index (χ1) is 10.4. The molecule has 2 rings (SSSR count). The number of nitrogens with one attached hydrogen (secondary N) is 1. The van der Waals surface area contributed by atoms with Gasteiger partial charge in [0.2, 0.25) is 0 Å². The number of pyridine rings is 1. The molecular weight excluding hydrogens is 315 g/mol. The molecule has 0 aliphatic rings. The molecule has 0 aliphatic heterocycles. The van der Waals surface area contributed by atoms with Crippen LogP contribution in [0.3, 0.4) is 0 Å². The maximum absolute atomic E-state index is 12.1. The number of nitrogens with zero attached hydrogens (tertiary/aromatic N) is 3. The molecule has 0 unspecified atom stereocenters. The largest absolute Gasteiger partial charge is 0.417 e. The SMILES string of the molecule is CCSc1ccncn1.CNc1ncc(C(F)(F)F)cc1N. The molecule has 0 spiro atoms. The third kappa shape index (κ3) is 5.76. The summed E-state index contributed by atoms with van der Waals surface area (Å²) in [6, 6.07) is 2.76. The Labute approximate surface area is 130 Å². The monoisotopic (exact) mass is 331 g/mol. The lowest BCUT2D eigenvalue weighted by molar-refractivity contribution is -0.137. The third-order valence-corrected chi connectivity index (χ3v) is 3.15. The zero-order valence-corrected chi connectivity index (χ0v) is 12.9. The number of hydrogen-bond acceptors (Lipinski definition) is 6. The van der Waals surface area contributed by atoms with E-state index < -0.39 is 11.7 Å². The number of rotatable bonds is 3. The van der Waals surface area contributed by atoms with Gasteiger partial charge in [0.1, 0.15) is 12.1 Å². The van der Waals surface area contributed by atoms with E-state index in [0.29, 0.717) is 0 Å². The van der Waals surface area contributed by atoms with Crippen LogP contribution >= 0.6 is 11.8 Å². The van der Waals surface area contributed by atoms with Crippen LogP contribution in [0.4, 0.5) is 24.7 Å². The molecule has 3 N–H and O–H groups in total. The fourth-order valence-corrected chi connectivity index (χ4v) is 1.93. The van der Waals surface area contributed by atoms with Crippen LogP contribution in [-0.4, -0.2) is 27.8 Å². The average molecular weight is 331 g/mol. The summed E-state index contributed by atoms with van der Waals surface area (Å²) >= 11 is 1.72. The highest BCUT2D eigenvalue weighted by Gasteiger charge is 2.31. The lowest BCUT2D eigenvalue weighted by atomic mass is 10.2. The zero-order chi connectivity index (χ0) is 16.6. The Morgan fingerprint density at radius 1 is 1.32 bits per heavy atom. The normalized spacial score (nSPS) is 10.6. The van der Waals surface area contributed by atoms with Gasteiger partial charge in [-0.25, -0.2) is 15.0 Å². The van der Waals surface area contributed by atoms with Gasteiger partial charge in [-0.1, -0.05) is 6.92 Å². The molecule has 2 heterocycles. The minimum absolute atomic E-state index is 0.0164. The van der Waals surface area contributed by atoms with E-state index in [1.807, 2.05) is 6.07 Å². The number of halogens is 3. The van der Waals surface area contributed by atoms with E-state index in [2.05, 4.69) is 27.2 Å². The van der Waals surface area contributed by atoms with Crippen molar-refractivity contribution in [3.05, 3.63) is 36.4 Å². The smallest absolute Gasteiger partial charge is 0.396 e. The van der Waals surface area contributed by atoms with Gasteiger partial charge < -0.3 is 11.1 Å². The fraction of sp³-hybridized carbons (Fsp3) is 0.308. The molecule has 0 amide bonds. The van der Waals surface area contributed by atoms with Crippen molar-refractivity contribution in [2.24, 2.45) is 0 Å². The van der Waals surface area contributed by atoms with Gasteiger partial charge in [0.15, 0.2) is 0 Å². The van der Waals surface area contributed by atoms with Crippen LogP contribution in [0, 0.1) is 0 Å². The Balaban J connectivity index is 0.000000235. The van der Waals surface area contributed by atoms with Crippen molar-refractivity contribution >= 4 is 23.3 Å². The number of nitrogens with two attached hydrogens (primary N) is 1. The Kier molecular flexibility index (Phi) is 6.90. The number of hydrogen-bond donors (Lipinski definition) is 2. The van der Waals surface area contributed by atoms with Gasteiger partial charge in [0, 0.05) is 19.4 Å². The fourth-order valence-electron chi connectivity index (χ4n) is 1.36. The molecule has 0 radical (unpaired) electrons. The van der Waals surface area contributed by atoms with Gasteiger partial charge in [0.25, 0.3) is 0 Å². The van der Waals surface area contributed by atoms with E-state index in [9.17, 15) is 13.2 Å². The second kappa shape index (κ2) is 8.42. The van der Waals surface area contributed by atoms with Crippen LogP contribution in [0.1, 0.15) is 12.5 Å². The first kappa shape index (κ1) is 18.0. The van der Waals surface area contributed by atoms with Crippen LogP contribution in [0.25, 0.3) is 0 Å². The third-order valence-electron chi connectivity index (χ3n) is 2.33. The van der Waals surface area contributed by atoms with E-state index in [0.717, 1.165) is 23.0 Å². The van der Waals surface area contributed by atoms with Crippen LogP contribution in [0.5, 0.6) is 0 Å². The first-order valence-electron chi connectivity index (χ1n) is 6.27. The van der Waals surface area contributed by atoms with Crippen molar-refractivity contribution in [1.29, 1.82) is 0 Å². The lowest BCUT2D eigenvalue weighted by Crippen LogP contribution is -2.08. The minimum atomic E-state index is -4.40. The molecule has 0 fully saturated rings. The van der Waals surface area contributed by atoms with E-state index in [1.165, 1.54) is 7.05 Å².